The van der Waals surface area contributed by atoms with Crippen molar-refractivity contribution in [3.8, 4) is 0 Å². The van der Waals surface area contributed by atoms with Crippen LogP contribution in [0, 0.1) is 0 Å². The summed E-state index contributed by atoms with van der Waals surface area (Å²) in [6.07, 6.45) is 4.46. The van der Waals surface area contributed by atoms with E-state index in [9.17, 15) is 4.79 Å². The molecule has 0 bridgehead atoms. The maximum absolute atomic E-state index is 12.8. The van der Waals surface area contributed by atoms with Crippen molar-refractivity contribution in [3.05, 3.63) is 83.9 Å². The lowest BCUT2D eigenvalue weighted by Crippen LogP contribution is -2.31. The standard InChI is InChI=1S/C23H24N4O2/c1-3-21-20(19-10-4-5-11-22(19)29-21)16-26(2)23(28)25-18-9-6-8-17(14-18)15-27-13-7-12-24-27/h4-14H,3,15-16H2,1-2H3,(H,25,28). The van der Waals surface area contributed by atoms with Gasteiger partial charge >= 0.3 is 6.03 Å². The third kappa shape index (κ3) is 4.16. The minimum Gasteiger partial charge on any atom is -0.461 e. The number of urea groups is 1. The van der Waals surface area contributed by atoms with Gasteiger partial charge in [0.2, 0.25) is 0 Å². The Labute approximate surface area is 169 Å². The fraction of sp³-hybridized carbons (Fsp3) is 0.217. The fourth-order valence-electron chi connectivity index (χ4n) is 3.46. The van der Waals surface area contributed by atoms with Gasteiger partial charge in [-0.05, 0) is 29.8 Å². The van der Waals surface area contributed by atoms with Gasteiger partial charge in [0.05, 0.1) is 13.1 Å². The molecule has 0 atom stereocenters. The largest absolute Gasteiger partial charge is 0.461 e. The van der Waals surface area contributed by atoms with E-state index in [1.54, 1.807) is 18.1 Å². The minimum absolute atomic E-state index is 0.159. The Balaban J connectivity index is 1.47. The molecule has 2 aromatic heterocycles. The van der Waals surface area contributed by atoms with Gasteiger partial charge in [-0.3, -0.25) is 4.68 Å². The topological polar surface area (TPSA) is 63.3 Å². The molecule has 1 N–H and O–H groups in total. The van der Waals surface area contributed by atoms with E-state index in [-0.39, 0.29) is 6.03 Å². The summed E-state index contributed by atoms with van der Waals surface area (Å²) in [4.78, 5) is 14.4. The Morgan fingerprint density at radius 2 is 2.03 bits per heavy atom. The molecule has 0 saturated heterocycles. The summed E-state index contributed by atoms with van der Waals surface area (Å²) in [6.45, 7) is 3.21. The van der Waals surface area contributed by atoms with Crippen LogP contribution in [0.3, 0.4) is 0 Å². The molecule has 2 amide bonds. The molecule has 0 fully saturated rings. The molecule has 2 aromatic carbocycles. The molecule has 148 valence electrons. The predicted molar refractivity (Wildman–Crippen MR) is 114 cm³/mol. The quantitative estimate of drug-likeness (QED) is 0.511. The molecule has 0 aliphatic rings. The lowest BCUT2D eigenvalue weighted by molar-refractivity contribution is 0.220. The summed E-state index contributed by atoms with van der Waals surface area (Å²) in [5.41, 5.74) is 3.76. The summed E-state index contributed by atoms with van der Waals surface area (Å²) in [5, 5.41) is 8.27. The first kappa shape index (κ1) is 18.8. The van der Waals surface area contributed by atoms with Gasteiger partial charge in [0, 0.05) is 42.5 Å². The van der Waals surface area contributed by atoms with Crippen molar-refractivity contribution in [1.82, 2.24) is 14.7 Å². The molecule has 29 heavy (non-hydrogen) atoms. The van der Waals surface area contributed by atoms with Crippen LogP contribution in [0.4, 0.5) is 10.5 Å². The average molecular weight is 388 g/mol. The van der Waals surface area contributed by atoms with Gasteiger partial charge in [0.1, 0.15) is 11.3 Å². The molecule has 2 heterocycles. The normalized spacial score (nSPS) is 11.0. The molecular weight excluding hydrogens is 364 g/mol. The van der Waals surface area contributed by atoms with Crippen LogP contribution in [0.1, 0.15) is 23.8 Å². The number of aromatic nitrogens is 2. The highest BCUT2D eigenvalue weighted by atomic mass is 16.3. The molecule has 0 spiro atoms. The summed E-state index contributed by atoms with van der Waals surface area (Å²) in [6, 6.07) is 17.5. The molecule has 0 aliphatic carbocycles. The van der Waals surface area contributed by atoms with Crippen LogP contribution in [-0.4, -0.2) is 27.8 Å². The first-order chi connectivity index (χ1) is 14.1. The number of aryl methyl sites for hydroxylation is 1. The highest BCUT2D eigenvalue weighted by Crippen LogP contribution is 2.27. The van der Waals surface area contributed by atoms with Gasteiger partial charge in [-0.25, -0.2) is 4.79 Å². The number of carbonyl (C=O) groups excluding carboxylic acids is 1. The highest BCUT2D eigenvalue weighted by Gasteiger charge is 2.17. The number of nitrogens with one attached hydrogen (secondary N) is 1. The highest BCUT2D eigenvalue weighted by molar-refractivity contribution is 5.90. The van der Waals surface area contributed by atoms with E-state index in [0.29, 0.717) is 13.1 Å². The van der Waals surface area contributed by atoms with Crippen LogP contribution in [-0.2, 0) is 19.5 Å². The van der Waals surface area contributed by atoms with Crippen LogP contribution in [0.2, 0.25) is 0 Å². The number of amides is 2. The molecule has 4 rings (SSSR count). The van der Waals surface area contributed by atoms with Gasteiger partial charge in [-0.1, -0.05) is 37.3 Å². The average Bonchev–Trinajstić information content (AvgIpc) is 3.36. The number of carbonyl (C=O) groups is 1. The summed E-state index contributed by atoms with van der Waals surface area (Å²) in [5.74, 6) is 0.923. The zero-order valence-corrected chi connectivity index (χ0v) is 16.6. The number of benzene rings is 2. The number of anilines is 1. The third-order valence-corrected chi connectivity index (χ3v) is 4.93. The minimum atomic E-state index is -0.159. The number of fused-ring (bicyclic) bond motifs is 1. The number of furan rings is 1. The SMILES string of the molecule is CCc1oc2ccccc2c1CN(C)C(=O)Nc1cccc(Cn2cccn2)c1. The number of hydrogen-bond acceptors (Lipinski definition) is 3. The van der Waals surface area contributed by atoms with Gasteiger partial charge in [-0.15, -0.1) is 0 Å². The van der Waals surface area contributed by atoms with Crippen molar-refractivity contribution in [3.63, 3.8) is 0 Å². The van der Waals surface area contributed by atoms with Crippen molar-refractivity contribution in [2.24, 2.45) is 0 Å². The fourth-order valence-corrected chi connectivity index (χ4v) is 3.46. The number of para-hydroxylation sites is 1. The van der Waals surface area contributed by atoms with Gasteiger partial charge in [0.15, 0.2) is 0 Å². The zero-order chi connectivity index (χ0) is 20.2. The third-order valence-electron chi connectivity index (χ3n) is 4.93. The van der Waals surface area contributed by atoms with E-state index in [2.05, 4.69) is 17.3 Å². The molecule has 4 aromatic rings. The van der Waals surface area contributed by atoms with Gasteiger partial charge in [0.25, 0.3) is 0 Å². The molecule has 0 aliphatic heterocycles. The molecule has 0 radical (unpaired) electrons. The van der Waals surface area contributed by atoms with Crippen molar-refractivity contribution in [1.29, 1.82) is 0 Å². The summed E-state index contributed by atoms with van der Waals surface area (Å²) >= 11 is 0. The smallest absolute Gasteiger partial charge is 0.321 e. The number of nitrogens with zero attached hydrogens (tertiary/aromatic N) is 3. The Bertz CT molecular complexity index is 1120. The van der Waals surface area contributed by atoms with Crippen molar-refractivity contribution < 1.29 is 9.21 Å². The van der Waals surface area contributed by atoms with Gasteiger partial charge in [-0.2, -0.15) is 5.10 Å². The van der Waals surface area contributed by atoms with E-state index in [0.717, 1.165) is 40.0 Å². The second-order valence-corrected chi connectivity index (χ2v) is 7.04. The first-order valence-corrected chi connectivity index (χ1v) is 9.72. The van der Waals surface area contributed by atoms with Gasteiger partial charge < -0.3 is 14.6 Å². The molecule has 6 heteroatoms. The Hall–Kier alpha value is -3.54. The zero-order valence-electron chi connectivity index (χ0n) is 16.6. The molecular formula is C23H24N4O2. The summed E-state index contributed by atoms with van der Waals surface area (Å²) < 4.78 is 7.80. The van der Waals surface area contributed by atoms with Crippen molar-refractivity contribution in [2.45, 2.75) is 26.4 Å². The molecule has 0 unspecified atom stereocenters. The maximum atomic E-state index is 12.8. The van der Waals surface area contributed by atoms with Crippen LogP contribution < -0.4 is 5.32 Å². The molecule has 0 saturated carbocycles. The first-order valence-electron chi connectivity index (χ1n) is 9.72. The van der Waals surface area contributed by atoms with E-state index < -0.39 is 0 Å². The Morgan fingerprint density at radius 1 is 1.17 bits per heavy atom. The number of rotatable bonds is 6. The van der Waals surface area contributed by atoms with Crippen LogP contribution in [0.5, 0.6) is 0 Å². The van der Waals surface area contributed by atoms with E-state index in [4.69, 9.17) is 4.42 Å². The van der Waals surface area contributed by atoms with Crippen molar-refractivity contribution in [2.75, 3.05) is 12.4 Å². The summed E-state index contributed by atoms with van der Waals surface area (Å²) in [7, 11) is 1.80. The second-order valence-electron chi connectivity index (χ2n) is 7.04. The molecule has 6 nitrogen and oxygen atoms in total. The van der Waals surface area contributed by atoms with E-state index >= 15 is 0 Å². The number of hydrogen-bond donors (Lipinski definition) is 1. The Morgan fingerprint density at radius 3 is 2.83 bits per heavy atom. The lowest BCUT2D eigenvalue weighted by atomic mass is 10.1. The maximum Gasteiger partial charge on any atom is 0.321 e. The lowest BCUT2D eigenvalue weighted by Gasteiger charge is -2.18. The Kier molecular flexibility index (Phi) is 5.33. The van der Waals surface area contributed by atoms with Crippen LogP contribution in [0.15, 0.2) is 71.4 Å². The second kappa shape index (κ2) is 8.22. The van der Waals surface area contributed by atoms with Crippen LogP contribution in [0.25, 0.3) is 11.0 Å². The monoisotopic (exact) mass is 388 g/mol. The van der Waals surface area contributed by atoms with Crippen LogP contribution >= 0.6 is 0 Å². The van der Waals surface area contributed by atoms with E-state index in [1.165, 1.54) is 0 Å². The van der Waals surface area contributed by atoms with Crippen molar-refractivity contribution >= 4 is 22.7 Å². The van der Waals surface area contributed by atoms with E-state index in [1.807, 2.05) is 65.5 Å². The predicted octanol–water partition coefficient (Wildman–Crippen LogP) is 4.90.